The second-order valence-electron chi connectivity index (χ2n) is 5.10. The Balaban J connectivity index is 2.17. The first-order chi connectivity index (χ1) is 10.1. The van der Waals surface area contributed by atoms with Crippen LogP contribution in [0.25, 0.3) is 0 Å². The largest absolute Gasteiger partial charge is 0.462 e. The van der Waals surface area contributed by atoms with E-state index >= 15 is 0 Å². The first-order valence-corrected chi connectivity index (χ1v) is 7.83. The molecule has 0 bridgehead atoms. The number of hydrogen-bond donors (Lipinski definition) is 2. The number of likely N-dealkylation sites (tertiary alicyclic amines) is 1. The average molecular weight is 308 g/mol. The van der Waals surface area contributed by atoms with Crippen molar-refractivity contribution in [1.82, 2.24) is 4.90 Å². The van der Waals surface area contributed by atoms with Crippen molar-refractivity contribution in [3.8, 4) is 6.07 Å². The van der Waals surface area contributed by atoms with Crippen molar-refractivity contribution in [1.29, 1.82) is 5.26 Å². The number of carbonyl (C=O) groups is 1. The number of anilines is 2. The van der Waals surface area contributed by atoms with Gasteiger partial charge < -0.3 is 20.7 Å². The summed E-state index contributed by atoms with van der Waals surface area (Å²) < 4.78 is 4.97. The minimum atomic E-state index is -0.465. The number of hydrogen-bond acceptors (Lipinski definition) is 7. The normalized spacial score (nSPS) is 16.4. The van der Waals surface area contributed by atoms with Crippen molar-refractivity contribution in [2.45, 2.75) is 25.8 Å². The fourth-order valence-corrected chi connectivity index (χ4v) is 3.38. The highest BCUT2D eigenvalue weighted by Gasteiger charge is 2.24. The van der Waals surface area contributed by atoms with Crippen LogP contribution in [0.15, 0.2) is 0 Å². The zero-order valence-corrected chi connectivity index (χ0v) is 13.1. The van der Waals surface area contributed by atoms with Crippen LogP contribution in [-0.4, -0.2) is 43.7 Å². The second kappa shape index (κ2) is 6.78. The first-order valence-electron chi connectivity index (χ1n) is 7.01. The number of piperidine rings is 1. The number of nitrogens with zero attached hydrogens (tertiary/aromatic N) is 2. The van der Waals surface area contributed by atoms with E-state index in [0.29, 0.717) is 21.5 Å². The molecule has 1 fully saturated rings. The quantitative estimate of drug-likeness (QED) is 0.825. The third-order valence-corrected chi connectivity index (χ3v) is 4.69. The number of esters is 1. The highest BCUT2D eigenvalue weighted by atomic mass is 32.1. The molecule has 1 aliphatic heterocycles. The molecule has 3 N–H and O–H groups in total. The van der Waals surface area contributed by atoms with Gasteiger partial charge in [0.05, 0.1) is 12.3 Å². The zero-order valence-electron chi connectivity index (χ0n) is 12.3. The molecule has 0 atom stereocenters. The molecule has 21 heavy (non-hydrogen) atoms. The summed E-state index contributed by atoms with van der Waals surface area (Å²) in [4.78, 5) is 14.4. The Bertz CT molecular complexity index is 556. The number of nitrogen functional groups attached to an aromatic ring is 1. The van der Waals surface area contributed by atoms with Crippen LogP contribution < -0.4 is 11.1 Å². The molecule has 114 valence electrons. The monoisotopic (exact) mass is 308 g/mol. The SMILES string of the molecule is CCOC(=O)c1sc(NC2CCN(C)CC2)c(C#N)c1N. The maximum atomic E-state index is 11.8. The smallest absolute Gasteiger partial charge is 0.350 e. The van der Waals surface area contributed by atoms with Gasteiger partial charge in [0.2, 0.25) is 0 Å². The summed E-state index contributed by atoms with van der Waals surface area (Å²) >= 11 is 1.21. The van der Waals surface area contributed by atoms with E-state index in [4.69, 9.17) is 10.5 Å². The van der Waals surface area contributed by atoms with E-state index in [-0.39, 0.29) is 12.3 Å². The molecular formula is C14H20N4O2S. The molecule has 1 aliphatic rings. The predicted octanol–water partition coefficient (Wildman–Crippen LogP) is 1.88. The van der Waals surface area contributed by atoms with Crippen molar-refractivity contribution in [3.63, 3.8) is 0 Å². The van der Waals surface area contributed by atoms with Crippen molar-refractivity contribution in [2.24, 2.45) is 0 Å². The third-order valence-electron chi connectivity index (χ3n) is 3.57. The van der Waals surface area contributed by atoms with Gasteiger partial charge in [0.25, 0.3) is 0 Å². The van der Waals surface area contributed by atoms with Crippen LogP contribution in [-0.2, 0) is 4.74 Å². The number of nitriles is 1. The Morgan fingerprint density at radius 1 is 1.57 bits per heavy atom. The average Bonchev–Trinajstić information content (AvgIpc) is 2.78. The number of carbonyl (C=O) groups excluding carboxylic acids is 1. The number of thiophene rings is 1. The molecule has 6 nitrogen and oxygen atoms in total. The van der Waals surface area contributed by atoms with Crippen LogP contribution in [0.4, 0.5) is 10.7 Å². The van der Waals surface area contributed by atoms with Gasteiger partial charge in [-0.05, 0) is 39.9 Å². The third kappa shape index (κ3) is 3.46. The molecule has 7 heteroatoms. The summed E-state index contributed by atoms with van der Waals surface area (Å²) in [6.07, 6.45) is 2.02. The summed E-state index contributed by atoms with van der Waals surface area (Å²) in [7, 11) is 2.10. The van der Waals surface area contributed by atoms with E-state index in [9.17, 15) is 10.1 Å². The Labute approximate surface area is 128 Å². The van der Waals surface area contributed by atoms with Crippen molar-refractivity contribution in [3.05, 3.63) is 10.4 Å². The van der Waals surface area contributed by atoms with E-state index in [1.807, 2.05) is 0 Å². The van der Waals surface area contributed by atoms with E-state index in [1.165, 1.54) is 11.3 Å². The van der Waals surface area contributed by atoms with Gasteiger partial charge >= 0.3 is 5.97 Å². The number of nitrogens with two attached hydrogens (primary N) is 1. The molecule has 1 aromatic heterocycles. The molecule has 0 radical (unpaired) electrons. The number of rotatable bonds is 4. The summed E-state index contributed by atoms with van der Waals surface area (Å²) in [5.74, 6) is -0.465. The molecule has 1 aromatic rings. The van der Waals surface area contributed by atoms with Gasteiger partial charge in [0.15, 0.2) is 0 Å². The molecule has 1 saturated heterocycles. The molecular weight excluding hydrogens is 288 g/mol. The lowest BCUT2D eigenvalue weighted by Gasteiger charge is -2.29. The Morgan fingerprint density at radius 2 is 2.24 bits per heavy atom. The standard InChI is InChI=1S/C14H20N4O2S/c1-3-20-14(19)12-11(16)10(8-15)13(21-12)17-9-4-6-18(2)7-5-9/h9,17H,3-7,16H2,1-2H3. The fraction of sp³-hybridized carbons (Fsp3) is 0.571. The van der Waals surface area contributed by atoms with Crippen LogP contribution in [0, 0.1) is 11.3 Å². The molecule has 0 aliphatic carbocycles. The van der Waals surface area contributed by atoms with Crippen LogP contribution in [0.3, 0.4) is 0 Å². The molecule has 0 saturated carbocycles. The molecule has 2 rings (SSSR count). The summed E-state index contributed by atoms with van der Waals surface area (Å²) in [6.45, 7) is 4.07. The van der Waals surface area contributed by atoms with E-state index in [1.54, 1.807) is 6.92 Å². The summed E-state index contributed by atoms with van der Waals surface area (Å²) in [5.41, 5.74) is 6.48. The second-order valence-corrected chi connectivity index (χ2v) is 6.12. The lowest BCUT2D eigenvalue weighted by molar-refractivity contribution is 0.0533. The molecule has 2 heterocycles. The summed E-state index contributed by atoms with van der Waals surface area (Å²) in [6, 6.07) is 2.39. The van der Waals surface area contributed by atoms with Gasteiger partial charge in [-0.1, -0.05) is 0 Å². The fourth-order valence-electron chi connectivity index (χ4n) is 2.34. The topological polar surface area (TPSA) is 91.4 Å². The van der Waals surface area contributed by atoms with Gasteiger partial charge in [-0.2, -0.15) is 5.26 Å². The lowest BCUT2D eigenvalue weighted by Crippen LogP contribution is -2.36. The van der Waals surface area contributed by atoms with Gasteiger partial charge in [-0.3, -0.25) is 0 Å². The Morgan fingerprint density at radius 3 is 2.81 bits per heavy atom. The van der Waals surface area contributed by atoms with E-state index in [2.05, 4.69) is 23.3 Å². The lowest BCUT2D eigenvalue weighted by atomic mass is 10.1. The molecule has 0 amide bonds. The molecule has 0 aromatic carbocycles. The summed E-state index contributed by atoms with van der Waals surface area (Å²) in [5, 5.41) is 13.3. The minimum absolute atomic E-state index is 0.219. The maximum absolute atomic E-state index is 11.8. The minimum Gasteiger partial charge on any atom is -0.462 e. The van der Waals surface area contributed by atoms with Gasteiger partial charge in [0, 0.05) is 6.04 Å². The van der Waals surface area contributed by atoms with E-state index < -0.39 is 5.97 Å². The van der Waals surface area contributed by atoms with Crippen LogP contribution >= 0.6 is 11.3 Å². The molecule has 0 spiro atoms. The highest BCUT2D eigenvalue weighted by molar-refractivity contribution is 7.18. The van der Waals surface area contributed by atoms with Gasteiger partial charge in [-0.25, -0.2) is 4.79 Å². The number of ether oxygens (including phenoxy) is 1. The predicted molar refractivity (Wildman–Crippen MR) is 83.5 cm³/mol. The van der Waals surface area contributed by atoms with E-state index in [0.717, 1.165) is 25.9 Å². The maximum Gasteiger partial charge on any atom is 0.350 e. The first kappa shape index (κ1) is 15.6. The Kier molecular flexibility index (Phi) is 5.04. The van der Waals surface area contributed by atoms with Crippen molar-refractivity contribution >= 4 is 28.0 Å². The van der Waals surface area contributed by atoms with Crippen molar-refractivity contribution in [2.75, 3.05) is 37.8 Å². The van der Waals surface area contributed by atoms with Crippen LogP contribution in [0.1, 0.15) is 35.0 Å². The Hall–Kier alpha value is -1.78. The van der Waals surface area contributed by atoms with Crippen LogP contribution in [0.2, 0.25) is 0 Å². The number of nitrogens with one attached hydrogen (secondary N) is 1. The van der Waals surface area contributed by atoms with Gasteiger partial charge in [-0.15, -0.1) is 11.3 Å². The zero-order chi connectivity index (χ0) is 15.4. The highest BCUT2D eigenvalue weighted by Crippen LogP contribution is 2.36. The van der Waals surface area contributed by atoms with Gasteiger partial charge in [0.1, 0.15) is 21.5 Å². The van der Waals surface area contributed by atoms with Crippen molar-refractivity contribution < 1.29 is 9.53 Å². The molecule has 0 unspecified atom stereocenters. The van der Waals surface area contributed by atoms with Crippen LogP contribution in [0.5, 0.6) is 0 Å².